The molecular formula is C17H16F2N4O3S2. The number of amides is 1. The summed E-state index contributed by atoms with van der Waals surface area (Å²) in [6.45, 7) is 0.778. The lowest BCUT2D eigenvalue weighted by molar-refractivity contribution is 0.0940. The minimum Gasteiger partial charge on any atom is -0.356 e. The maximum Gasteiger partial charge on any atom is 0.269 e. The zero-order valence-electron chi connectivity index (χ0n) is 14.5. The average Bonchev–Trinajstić information content (AvgIpc) is 3.18. The van der Waals surface area contributed by atoms with E-state index < -0.39 is 33.6 Å². The summed E-state index contributed by atoms with van der Waals surface area (Å²) in [6.07, 6.45) is 1.20. The molecule has 1 saturated heterocycles. The Morgan fingerprint density at radius 3 is 2.64 bits per heavy atom. The predicted octanol–water partition coefficient (Wildman–Crippen LogP) is 2.03. The second-order valence-corrected chi connectivity index (χ2v) is 9.13. The number of aromatic nitrogens is 1. The lowest BCUT2D eigenvalue weighted by atomic mass is 10.1. The van der Waals surface area contributed by atoms with Crippen molar-refractivity contribution in [3.63, 3.8) is 0 Å². The van der Waals surface area contributed by atoms with Crippen molar-refractivity contribution < 1.29 is 22.0 Å². The summed E-state index contributed by atoms with van der Waals surface area (Å²) in [4.78, 5) is 14.9. The Morgan fingerprint density at radius 2 is 2.00 bits per heavy atom. The van der Waals surface area contributed by atoms with E-state index in [9.17, 15) is 27.3 Å². The van der Waals surface area contributed by atoms with Gasteiger partial charge in [-0.05, 0) is 12.1 Å². The molecule has 7 nitrogen and oxygen atoms in total. The van der Waals surface area contributed by atoms with Gasteiger partial charge in [-0.1, -0.05) is 6.07 Å². The number of nitrogens with one attached hydrogen (secondary N) is 2. The van der Waals surface area contributed by atoms with Crippen molar-refractivity contribution in [1.82, 2.24) is 14.6 Å². The van der Waals surface area contributed by atoms with Gasteiger partial charge in [0.25, 0.3) is 5.91 Å². The number of benzene rings is 1. The molecule has 0 radical (unpaired) electrons. The number of halogens is 2. The van der Waals surface area contributed by atoms with E-state index in [0.29, 0.717) is 30.7 Å². The van der Waals surface area contributed by atoms with Crippen LogP contribution in [0.4, 0.5) is 8.78 Å². The molecule has 0 spiro atoms. The molecular weight excluding hydrogens is 410 g/mol. The number of nitrogens with zero attached hydrogens (tertiary/aromatic N) is 2. The zero-order valence-corrected chi connectivity index (χ0v) is 16.1. The number of thioether (sulfide) groups is 1. The summed E-state index contributed by atoms with van der Waals surface area (Å²) in [5.74, 6) is -1.16. The van der Waals surface area contributed by atoms with Crippen LogP contribution in [0.1, 0.15) is 22.1 Å². The van der Waals surface area contributed by atoms with Gasteiger partial charge in [-0.3, -0.25) is 4.79 Å². The van der Waals surface area contributed by atoms with Crippen LogP contribution >= 0.6 is 11.8 Å². The van der Waals surface area contributed by atoms with Crippen LogP contribution in [0.5, 0.6) is 0 Å². The first-order valence-electron chi connectivity index (χ1n) is 8.24. The fourth-order valence-corrected chi connectivity index (χ4v) is 5.28. The molecule has 1 amide bonds. The number of hydrogen-bond acceptors (Lipinski definition) is 5. The molecule has 2 heterocycles. The topological polar surface area (TPSA) is 106 Å². The van der Waals surface area contributed by atoms with Crippen molar-refractivity contribution in [2.24, 2.45) is 0 Å². The van der Waals surface area contributed by atoms with Gasteiger partial charge in [-0.15, -0.1) is 0 Å². The Labute approximate surface area is 164 Å². The zero-order chi connectivity index (χ0) is 20.3. The maximum atomic E-state index is 13.9. The molecule has 1 unspecified atom stereocenters. The van der Waals surface area contributed by atoms with E-state index in [1.54, 1.807) is 17.8 Å². The standard InChI is InChI=1S/C17H16F2N4O3S2/c18-11-1-2-13(14(19)7-11)16(9-20)22-17(24)15-8-12(10-21-15)28(25,26)23-3-5-27-6-4-23/h1-2,7-8,10,16,21H,3-6H2,(H,22,24). The van der Waals surface area contributed by atoms with Crippen molar-refractivity contribution in [2.75, 3.05) is 24.6 Å². The van der Waals surface area contributed by atoms with Crippen molar-refractivity contribution in [1.29, 1.82) is 5.26 Å². The van der Waals surface area contributed by atoms with E-state index in [1.165, 1.54) is 16.6 Å². The van der Waals surface area contributed by atoms with Crippen LogP contribution in [-0.2, 0) is 10.0 Å². The van der Waals surface area contributed by atoms with E-state index in [1.807, 2.05) is 0 Å². The van der Waals surface area contributed by atoms with Crippen LogP contribution in [0.25, 0.3) is 0 Å². The maximum absolute atomic E-state index is 13.9. The highest BCUT2D eigenvalue weighted by Crippen LogP contribution is 2.22. The molecule has 1 aromatic carbocycles. The first-order valence-corrected chi connectivity index (χ1v) is 10.8. The molecule has 1 fully saturated rings. The fraction of sp³-hybridized carbons (Fsp3) is 0.294. The number of hydrogen-bond donors (Lipinski definition) is 2. The third kappa shape index (κ3) is 4.19. The molecule has 28 heavy (non-hydrogen) atoms. The highest BCUT2D eigenvalue weighted by atomic mass is 32.2. The van der Waals surface area contributed by atoms with Crippen molar-refractivity contribution in [3.8, 4) is 6.07 Å². The minimum atomic E-state index is -3.73. The van der Waals surface area contributed by atoms with Crippen LogP contribution in [0.2, 0.25) is 0 Å². The lowest BCUT2D eigenvalue weighted by Crippen LogP contribution is -2.37. The van der Waals surface area contributed by atoms with Crippen LogP contribution in [0.15, 0.2) is 35.4 Å². The number of carbonyl (C=O) groups excluding carboxylic acids is 1. The van der Waals surface area contributed by atoms with E-state index in [0.717, 1.165) is 12.1 Å². The van der Waals surface area contributed by atoms with Gasteiger partial charge in [0, 0.05) is 42.4 Å². The predicted molar refractivity (Wildman–Crippen MR) is 99.1 cm³/mol. The molecule has 1 aliphatic rings. The quantitative estimate of drug-likeness (QED) is 0.761. The van der Waals surface area contributed by atoms with Crippen molar-refractivity contribution in [2.45, 2.75) is 10.9 Å². The number of nitriles is 1. The molecule has 0 aliphatic carbocycles. The molecule has 3 rings (SSSR count). The van der Waals surface area contributed by atoms with Gasteiger partial charge in [0.15, 0.2) is 0 Å². The Morgan fingerprint density at radius 1 is 1.29 bits per heavy atom. The van der Waals surface area contributed by atoms with Crippen LogP contribution in [-0.4, -0.2) is 48.2 Å². The van der Waals surface area contributed by atoms with Gasteiger partial charge in [-0.25, -0.2) is 17.2 Å². The number of H-pyrrole nitrogens is 1. The monoisotopic (exact) mass is 426 g/mol. The van der Waals surface area contributed by atoms with Crippen LogP contribution < -0.4 is 5.32 Å². The SMILES string of the molecule is N#CC(NC(=O)c1cc(S(=O)(=O)N2CCSCC2)c[nH]1)c1ccc(F)cc1F. The van der Waals surface area contributed by atoms with Gasteiger partial charge in [0.1, 0.15) is 28.3 Å². The summed E-state index contributed by atoms with van der Waals surface area (Å²) in [5, 5.41) is 11.5. The second-order valence-electron chi connectivity index (χ2n) is 5.97. The van der Waals surface area contributed by atoms with Gasteiger partial charge in [0.05, 0.1) is 6.07 Å². The molecule has 2 aromatic rings. The summed E-state index contributed by atoms with van der Waals surface area (Å²) in [6, 6.07) is 4.19. The molecule has 1 atom stereocenters. The number of rotatable bonds is 5. The third-order valence-corrected chi connectivity index (χ3v) is 7.01. The van der Waals surface area contributed by atoms with Gasteiger partial charge >= 0.3 is 0 Å². The van der Waals surface area contributed by atoms with E-state index >= 15 is 0 Å². The van der Waals surface area contributed by atoms with Gasteiger partial charge in [-0.2, -0.15) is 21.3 Å². The van der Waals surface area contributed by atoms with Crippen molar-refractivity contribution in [3.05, 3.63) is 53.4 Å². The first-order chi connectivity index (χ1) is 13.3. The molecule has 1 aromatic heterocycles. The second kappa shape index (κ2) is 8.30. The van der Waals surface area contributed by atoms with Crippen molar-refractivity contribution >= 4 is 27.7 Å². The molecule has 11 heteroatoms. The van der Waals surface area contributed by atoms with E-state index in [2.05, 4.69) is 10.3 Å². The largest absolute Gasteiger partial charge is 0.356 e. The van der Waals surface area contributed by atoms with Gasteiger partial charge in [0.2, 0.25) is 10.0 Å². The average molecular weight is 426 g/mol. The normalized spacial score (nSPS) is 16.3. The summed E-state index contributed by atoms with van der Waals surface area (Å²) in [5.41, 5.74) is -0.282. The van der Waals surface area contributed by atoms with E-state index in [-0.39, 0.29) is 16.2 Å². The molecule has 148 valence electrons. The lowest BCUT2D eigenvalue weighted by Gasteiger charge is -2.24. The Kier molecular flexibility index (Phi) is 6.02. The summed E-state index contributed by atoms with van der Waals surface area (Å²) < 4.78 is 53.5. The minimum absolute atomic E-state index is 0.0639. The fourth-order valence-electron chi connectivity index (χ4n) is 2.71. The molecule has 0 bridgehead atoms. The molecule has 1 aliphatic heterocycles. The number of sulfonamides is 1. The van der Waals surface area contributed by atoms with E-state index in [4.69, 9.17) is 0 Å². The summed E-state index contributed by atoms with van der Waals surface area (Å²) in [7, 11) is -3.73. The van der Waals surface area contributed by atoms with Crippen LogP contribution in [0, 0.1) is 23.0 Å². The number of carbonyl (C=O) groups is 1. The molecule has 0 saturated carbocycles. The first kappa shape index (κ1) is 20.3. The highest BCUT2D eigenvalue weighted by molar-refractivity contribution is 7.99. The molecule has 2 N–H and O–H groups in total. The summed E-state index contributed by atoms with van der Waals surface area (Å²) >= 11 is 1.67. The Balaban J connectivity index is 1.77. The number of aromatic amines is 1. The Hall–Kier alpha value is -2.42. The van der Waals surface area contributed by atoms with Gasteiger partial charge < -0.3 is 10.3 Å². The third-order valence-electron chi connectivity index (χ3n) is 4.19. The Bertz CT molecular complexity index is 1030. The smallest absolute Gasteiger partial charge is 0.269 e. The highest BCUT2D eigenvalue weighted by Gasteiger charge is 2.28. The van der Waals surface area contributed by atoms with Crippen LogP contribution in [0.3, 0.4) is 0 Å².